The number of benzene rings is 2. The highest BCUT2D eigenvalue weighted by Crippen LogP contribution is 2.35. The molecule has 5 rings (SSSR count). The fourth-order valence-electron chi connectivity index (χ4n) is 4.51. The van der Waals surface area contributed by atoms with E-state index >= 15 is 0 Å². The van der Waals surface area contributed by atoms with E-state index in [0.29, 0.717) is 17.9 Å². The summed E-state index contributed by atoms with van der Waals surface area (Å²) in [5.41, 5.74) is 3.83. The van der Waals surface area contributed by atoms with Gasteiger partial charge in [-0.2, -0.15) is 5.10 Å². The highest BCUT2D eigenvalue weighted by atomic mass is 32.1. The summed E-state index contributed by atoms with van der Waals surface area (Å²) >= 11 is 1.57. The molecule has 0 radical (unpaired) electrons. The number of rotatable bonds is 6. The number of ether oxygens (including phenoxy) is 1. The van der Waals surface area contributed by atoms with Gasteiger partial charge in [-0.15, -0.1) is 11.3 Å². The number of hydrogen-bond acceptors (Lipinski definition) is 5. The maximum Gasteiger partial charge on any atom is 0.277 e. The Morgan fingerprint density at radius 1 is 1.11 bits per heavy atom. The quantitative estimate of drug-likeness (QED) is 0.405. The Bertz CT molecular complexity index is 1430. The summed E-state index contributed by atoms with van der Waals surface area (Å²) in [6, 6.07) is 19.1. The SMILES string of the molecule is COc1ccc(CNC(=O)[C@@]2(C)Cn3nc(-c4cccs4)cc3C(=O)N2c2ccc(C)c(C)c2)cc1. The first kappa shape index (κ1) is 23.8. The molecule has 0 saturated heterocycles. The molecule has 3 heterocycles. The van der Waals surface area contributed by atoms with Crippen LogP contribution >= 0.6 is 11.3 Å². The molecule has 0 bridgehead atoms. The van der Waals surface area contributed by atoms with Gasteiger partial charge in [-0.25, -0.2) is 0 Å². The van der Waals surface area contributed by atoms with Crippen LogP contribution in [0, 0.1) is 13.8 Å². The fourth-order valence-corrected chi connectivity index (χ4v) is 5.19. The standard InChI is InChI=1S/C28H28N4O3S/c1-18-7-10-21(14-19(18)2)32-26(33)24-15-23(25-6-5-13-36-25)30-31(24)17-28(32,3)27(34)29-16-20-8-11-22(35-4)12-9-20/h5-15H,16-17H2,1-4H3,(H,29,34)/t28-/m1/s1. The van der Waals surface area contributed by atoms with E-state index in [0.717, 1.165) is 33.0 Å². The van der Waals surface area contributed by atoms with E-state index in [4.69, 9.17) is 9.84 Å². The van der Waals surface area contributed by atoms with Crippen molar-refractivity contribution in [3.05, 3.63) is 88.4 Å². The van der Waals surface area contributed by atoms with E-state index in [-0.39, 0.29) is 18.4 Å². The molecule has 1 N–H and O–H groups in total. The largest absolute Gasteiger partial charge is 0.497 e. The number of methoxy groups -OCH3 is 1. The molecular formula is C28H28N4O3S. The Morgan fingerprint density at radius 2 is 1.89 bits per heavy atom. The van der Waals surface area contributed by atoms with Crippen molar-refractivity contribution in [3.63, 3.8) is 0 Å². The number of hydrogen-bond donors (Lipinski definition) is 1. The lowest BCUT2D eigenvalue weighted by molar-refractivity contribution is -0.126. The third kappa shape index (κ3) is 4.18. The summed E-state index contributed by atoms with van der Waals surface area (Å²) < 4.78 is 6.89. The van der Waals surface area contributed by atoms with Gasteiger partial charge in [0.05, 0.1) is 18.5 Å². The van der Waals surface area contributed by atoms with Crippen LogP contribution in [0.25, 0.3) is 10.6 Å². The smallest absolute Gasteiger partial charge is 0.277 e. The van der Waals surface area contributed by atoms with Gasteiger partial charge in [0, 0.05) is 12.2 Å². The summed E-state index contributed by atoms with van der Waals surface area (Å²) in [5.74, 6) is 0.259. The van der Waals surface area contributed by atoms with Crippen LogP contribution in [0.4, 0.5) is 5.69 Å². The Hall–Kier alpha value is -3.91. The first-order valence-corrected chi connectivity index (χ1v) is 12.6. The molecule has 7 nitrogen and oxygen atoms in total. The zero-order valence-electron chi connectivity index (χ0n) is 20.7. The lowest BCUT2D eigenvalue weighted by atomic mass is 9.93. The second-order valence-electron chi connectivity index (χ2n) is 9.26. The van der Waals surface area contributed by atoms with E-state index < -0.39 is 5.54 Å². The third-order valence-corrected chi connectivity index (χ3v) is 7.67. The average Bonchev–Trinajstić information content (AvgIpc) is 3.55. The molecule has 0 aliphatic carbocycles. The number of nitrogens with one attached hydrogen (secondary N) is 1. The highest BCUT2D eigenvalue weighted by molar-refractivity contribution is 7.13. The second-order valence-corrected chi connectivity index (χ2v) is 10.2. The number of anilines is 1. The van der Waals surface area contributed by atoms with E-state index in [2.05, 4.69) is 5.32 Å². The third-order valence-electron chi connectivity index (χ3n) is 6.78. The van der Waals surface area contributed by atoms with Crippen LogP contribution < -0.4 is 15.0 Å². The zero-order chi connectivity index (χ0) is 25.4. The molecule has 0 saturated carbocycles. The van der Waals surface area contributed by atoms with Gasteiger partial charge in [-0.1, -0.05) is 24.3 Å². The van der Waals surface area contributed by atoms with Gasteiger partial charge in [0.15, 0.2) is 0 Å². The van der Waals surface area contributed by atoms with Gasteiger partial charge in [-0.05, 0) is 79.2 Å². The van der Waals surface area contributed by atoms with Crippen molar-refractivity contribution < 1.29 is 14.3 Å². The summed E-state index contributed by atoms with van der Waals surface area (Å²) in [7, 11) is 1.62. The van der Waals surface area contributed by atoms with Crippen LogP contribution in [-0.4, -0.2) is 34.2 Å². The topological polar surface area (TPSA) is 76.5 Å². The maximum atomic E-state index is 13.9. The molecule has 1 atom stereocenters. The minimum Gasteiger partial charge on any atom is -0.497 e. The van der Waals surface area contributed by atoms with Crippen molar-refractivity contribution >= 4 is 28.8 Å². The number of carbonyl (C=O) groups is 2. The number of amides is 2. The van der Waals surface area contributed by atoms with E-state index in [1.807, 2.05) is 79.9 Å². The van der Waals surface area contributed by atoms with Gasteiger partial charge in [0.1, 0.15) is 22.7 Å². The van der Waals surface area contributed by atoms with Gasteiger partial charge in [0.2, 0.25) is 5.91 Å². The molecular weight excluding hydrogens is 472 g/mol. The summed E-state index contributed by atoms with van der Waals surface area (Å²) in [4.78, 5) is 30.3. The molecule has 4 aromatic rings. The Morgan fingerprint density at radius 3 is 2.56 bits per heavy atom. The number of fused-ring (bicyclic) bond motifs is 1. The summed E-state index contributed by atoms with van der Waals surface area (Å²) in [6.07, 6.45) is 0. The molecule has 2 aromatic heterocycles. The molecule has 0 spiro atoms. The number of nitrogens with zero attached hydrogens (tertiary/aromatic N) is 3. The first-order chi connectivity index (χ1) is 17.3. The van der Waals surface area contributed by atoms with Gasteiger partial charge >= 0.3 is 0 Å². The van der Waals surface area contributed by atoms with Crippen molar-refractivity contribution in [3.8, 4) is 16.3 Å². The minimum atomic E-state index is -1.18. The summed E-state index contributed by atoms with van der Waals surface area (Å²) in [6.45, 7) is 6.41. The molecule has 2 amide bonds. The first-order valence-electron chi connectivity index (χ1n) is 11.7. The number of aromatic nitrogens is 2. The lowest BCUT2D eigenvalue weighted by Gasteiger charge is -2.43. The number of thiophene rings is 1. The average molecular weight is 501 g/mol. The molecule has 36 heavy (non-hydrogen) atoms. The molecule has 2 aromatic carbocycles. The Labute approximate surface area is 214 Å². The van der Waals surface area contributed by atoms with Crippen molar-refractivity contribution in [1.82, 2.24) is 15.1 Å². The normalized spacial score (nSPS) is 17.1. The van der Waals surface area contributed by atoms with E-state index in [9.17, 15) is 9.59 Å². The molecule has 1 aliphatic rings. The minimum absolute atomic E-state index is 0.237. The molecule has 184 valence electrons. The van der Waals surface area contributed by atoms with Crippen molar-refractivity contribution in [2.24, 2.45) is 0 Å². The Kier molecular flexibility index (Phi) is 6.14. The van der Waals surface area contributed by atoms with E-state index in [1.54, 1.807) is 35.0 Å². The molecule has 1 aliphatic heterocycles. The van der Waals surface area contributed by atoms with Crippen LogP contribution in [0.2, 0.25) is 0 Å². The fraction of sp³-hybridized carbons (Fsp3) is 0.250. The maximum absolute atomic E-state index is 13.9. The Balaban J connectivity index is 1.52. The summed E-state index contributed by atoms with van der Waals surface area (Å²) in [5, 5.41) is 9.73. The van der Waals surface area contributed by atoms with Gasteiger partial charge in [0.25, 0.3) is 5.91 Å². The molecule has 0 unspecified atom stereocenters. The predicted octanol–water partition coefficient (Wildman–Crippen LogP) is 4.97. The van der Waals surface area contributed by atoms with Crippen molar-refractivity contribution in [1.29, 1.82) is 0 Å². The van der Waals surface area contributed by atoms with Crippen LogP contribution in [0.5, 0.6) is 5.75 Å². The highest BCUT2D eigenvalue weighted by Gasteiger charge is 2.49. The van der Waals surface area contributed by atoms with Crippen molar-refractivity contribution in [2.45, 2.75) is 39.4 Å². The van der Waals surface area contributed by atoms with Crippen molar-refractivity contribution in [2.75, 3.05) is 12.0 Å². The van der Waals surface area contributed by atoms with Crippen LogP contribution in [0.1, 0.15) is 34.1 Å². The van der Waals surface area contributed by atoms with Crippen LogP contribution in [0.15, 0.2) is 66.0 Å². The van der Waals surface area contributed by atoms with Gasteiger partial charge in [-0.3, -0.25) is 19.2 Å². The zero-order valence-corrected chi connectivity index (χ0v) is 21.6. The van der Waals surface area contributed by atoms with Crippen LogP contribution in [-0.2, 0) is 17.9 Å². The van der Waals surface area contributed by atoms with Crippen LogP contribution in [0.3, 0.4) is 0 Å². The lowest BCUT2D eigenvalue weighted by Crippen LogP contribution is -2.64. The monoisotopic (exact) mass is 500 g/mol. The predicted molar refractivity (Wildman–Crippen MR) is 142 cm³/mol. The molecule has 8 heteroatoms. The van der Waals surface area contributed by atoms with E-state index in [1.165, 1.54) is 0 Å². The number of aryl methyl sites for hydroxylation is 2. The number of carbonyl (C=O) groups excluding carboxylic acids is 2. The van der Waals surface area contributed by atoms with Gasteiger partial charge < -0.3 is 10.1 Å². The second kappa shape index (κ2) is 9.28. The molecule has 0 fully saturated rings.